The van der Waals surface area contributed by atoms with Crippen molar-refractivity contribution in [2.45, 2.75) is 12.1 Å². The Balaban J connectivity index is 1.77. The largest absolute Gasteiger partial charge is 0.456 e. The van der Waals surface area contributed by atoms with Crippen molar-refractivity contribution in [2.75, 3.05) is 5.75 Å². The van der Waals surface area contributed by atoms with E-state index in [9.17, 15) is 8.78 Å². The van der Waals surface area contributed by atoms with Gasteiger partial charge in [0.15, 0.2) is 16.3 Å². The third kappa shape index (κ3) is 4.36. The second-order valence-electron chi connectivity index (χ2n) is 3.74. The summed E-state index contributed by atoms with van der Waals surface area (Å²) in [5.41, 5.74) is 0.882. The van der Waals surface area contributed by atoms with Gasteiger partial charge < -0.3 is 14.7 Å². The van der Waals surface area contributed by atoms with E-state index >= 15 is 0 Å². The van der Waals surface area contributed by atoms with Gasteiger partial charge in [-0.25, -0.2) is 8.78 Å². The van der Waals surface area contributed by atoms with Crippen LogP contribution in [0.2, 0.25) is 0 Å². The normalized spacial score (nSPS) is 12.3. The van der Waals surface area contributed by atoms with E-state index in [0.29, 0.717) is 10.5 Å². The van der Waals surface area contributed by atoms with E-state index < -0.39 is 12.2 Å². The fourth-order valence-corrected chi connectivity index (χ4v) is 2.36. The number of para-hydroxylation sites is 1. The van der Waals surface area contributed by atoms with Gasteiger partial charge >= 0.3 is 0 Å². The van der Waals surface area contributed by atoms with E-state index in [-0.39, 0.29) is 11.5 Å². The molecule has 2 N–H and O–H groups in total. The zero-order valence-electron chi connectivity index (χ0n) is 9.86. The molecule has 19 heavy (non-hydrogen) atoms. The second kappa shape index (κ2) is 6.72. The maximum Gasteiger partial charge on any atom is 0.247 e. The molecule has 1 aromatic carbocycles. The molecule has 1 aromatic heterocycles. The van der Waals surface area contributed by atoms with Crippen LogP contribution in [0.3, 0.4) is 0 Å². The van der Waals surface area contributed by atoms with Crippen molar-refractivity contribution in [3.05, 3.63) is 46.7 Å². The first-order valence-electron chi connectivity index (χ1n) is 5.55. The molecule has 0 aliphatic carbocycles. The van der Waals surface area contributed by atoms with Crippen LogP contribution in [0.25, 0.3) is 0 Å². The van der Waals surface area contributed by atoms with Crippen molar-refractivity contribution >= 4 is 24.0 Å². The third-order valence-corrected chi connectivity index (χ3v) is 3.48. The van der Waals surface area contributed by atoms with Gasteiger partial charge in [-0.2, -0.15) is 0 Å². The number of aromatic amines is 2. The molecule has 0 amide bonds. The monoisotopic (exact) mass is 302 g/mol. The van der Waals surface area contributed by atoms with E-state index in [1.165, 1.54) is 30.0 Å². The van der Waals surface area contributed by atoms with Crippen molar-refractivity contribution < 1.29 is 13.5 Å². The number of imidazole rings is 1. The highest BCUT2D eigenvalue weighted by Crippen LogP contribution is 2.20. The zero-order chi connectivity index (χ0) is 13.7. The average Bonchev–Trinajstić information content (AvgIpc) is 2.78. The van der Waals surface area contributed by atoms with E-state index in [4.69, 9.17) is 17.0 Å². The van der Waals surface area contributed by atoms with Gasteiger partial charge in [0.1, 0.15) is 0 Å². The Morgan fingerprint density at radius 3 is 2.84 bits per heavy atom. The van der Waals surface area contributed by atoms with Crippen LogP contribution in [0.5, 0.6) is 5.75 Å². The lowest BCUT2D eigenvalue weighted by molar-refractivity contribution is 0.0859. The summed E-state index contributed by atoms with van der Waals surface area (Å²) in [5, 5.41) is 0. The number of alkyl halides is 1. The van der Waals surface area contributed by atoms with E-state index in [1.54, 1.807) is 12.3 Å². The molecular formula is C12H12F2N2OS2. The highest BCUT2D eigenvalue weighted by Gasteiger charge is 2.11. The van der Waals surface area contributed by atoms with Gasteiger partial charge in [-0.15, -0.1) is 11.8 Å². The number of ether oxygens (including phenoxy) is 1. The maximum absolute atomic E-state index is 13.5. The number of hydrogen-bond acceptors (Lipinski definition) is 3. The number of thioether (sulfide) groups is 1. The lowest BCUT2D eigenvalue weighted by Gasteiger charge is -2.11. The summed E-state index contributed by atoms with van der Waals surface area (Å²) in [4.78, 5) is 5.75. The SMILES string of the molecule is Fc1ccccc1OC(F)CSCc1c[nH]c(=S)[nH]1. The molecule has 1 atom stereocenters. The number of hydrogen-bond donors (Lipinski definition) is 2. The van der Waals surface area contributed by atoms with Gasteiger partial charge in [0.2, 0.25) is 6.36 Å². The molecular weight excluding hydrogens is 290 g/mol. The summed E-state index contributed by atoms with van der Waals surface area (Å²) < 4.78 is 32.2. The summed E-state index contributed by atoms with van der Waals surface area (Å²) >= 11 is 6.21. The van der Waals surface area contributed by atoms with Gasteiger partial charge in [0, 0.05) is 17.6 Å². The van der Waals surface area contributed by atoms with Crippen LogP contribution in [0.4, 0.5) is 8.78 Å². The molecule has 0 aliphatic rings. The number of halogens is 2. The number of H-pyrrole nitrogens is 2. The number of nitrogens with one attached hydrogen (secondary N) is 2. The first kappa shape index (κ1) is 14.1. The number of benzene rings is 1. The molecule has 0 radical (unpaired) electrons. The fraction of sp³-hybridized carbons (Fsp3) is 0.250. The quantitative estimate of drug-likeness (QED) is 0.797. The Morgan fingerprint density at radius 1 is 1.37 bits per heavy atom. The first-order chi connectivity index (χ1) is 9.15. The summed E-state index contributed by atoms with van der Waals surface area (Å²) in [6, 6.07) is 5.75. The van der Waals surface area contributed by atoms with E-state index in [1.807, 2.05) is 0 Å². The molecule has 0 aliphatic heterocycles. The lowest BCUT2D eigenvalue weighted by Crippen LogP contribution is -2.14. The number of rotatable bonds is 6. The summed E-state index contributed by atoms with van der Waals surface area (Å²) in [5.74, 6) is 0.0513. The van der Waals surface area contributed by atoms with Gasteiger partial charge in [-0.3, -0.25) is 0 Å². The van der Waals surface area contributed by atoms with Crippen LogP contribution in [-0.2, 0) is 5.75 Å². The molecule has 1 unspecified atom stereocenters. The van der Waals surface area contributed by atoms with Crippen molar-refractivity contribution in [1.82, 2.24) is 9.97 Å². The zero-order valence-corrected chi connectivity index (χ0v) is 11.5. The topological polar surface area (TPSA) is 40.8 Å². The lowest BCUT2D eigenvalue weighted by atomic mass is 10.3. The van der Waals surface area contributed by atoms with Crippen LogP contribution < -0.4 is 4.74 Å². The smallest absolute Gasteiger partial charge is 0.247 e. The molecule has 0 saturated carbocycles. The van der Waals surface area contributed by atoms with Crippen molar-refractivity contribution in [3.63, 3.8) is 0 Å². The minimum absolute atomic E-state index is 0.0725. The Bertz CT molecular complexity index is 585. The Labute approximate surface area is 118 Å². The standard InChI is InChI=1S/C12H12F2N2OS2/c13-9-3-1-2-4-10(9)17-11(14)7-19-6-8-5-15-12(18)16-8/h1-5,11H,6-7H2,(H2,15,16,18). The Hall–Kier alpha value is -1.34. The maximum atomic E-state index is 13.5. The molecule has 102 valence electrons. The third-order valence-electron chi connectivity index (χ3n) is 2.25. The van der Waals surface area contributed by atoms with Crippen LogP contribution in [-0.4, -0.2) is 22.1 Å². The second-order valence-corrected chi connectivity index (χ2v) is 5.18. The molecule has 2 rings (SSSR count). The van der Waals surface area contributed by atoms with Crippen molar-refractivity contribution in [1.29, 1.82) is 0 Å². The van der Waals surface area contributed by atoms with Crippen molar-refractivity contribution in [3.8, 4) is 5.75 Å². The molecule has 0 fully saturated rings. The molecule has 2 aromatic rings. The minimum Gasteiger partial charge on any atom is -0.456 e. The summed E-state index contributed by atoms with van der Waals surface area (Å²) in [7, 11) is 0. The predicted molar refractivity (Wildman–Crippen MR) is 74.1 cm³/mol. The summed E-state index contributed by atoms with van der Waals surface area (Å²) in [6.07, 6.45) is 0.184. The average molecular weight is 302 g/mol. The number of aromatic nitrogens is 2. The highest BCUT2D eigenvalue weighted by molar-refractivity contribution is 7.98. The molecule has 3 nitrogen and oxygen atoms in total. The van der Waals surface area contributed by atoms with Crippen LogP contribution in [0, 0.1) is 10.6 Å². The molecule has 0 spiro atoms. The molecule has 0 saturated heterocycles. The van der Waals surface area contributed by atoms with E-state index in [0.717, 1.165) is 5.69 Å². The van der Waals surface area contributed by atoms with Gasteiger partial charge in [0.05, 0.1) is 5.75 Å². The summed E-state index contributed by atoms with van der Waals surface area (Å²) in [6.45, 7) is 0. The van der Waals surface area contributed by atoms with E-state index in [2.05, 4.69) is 9.97 Å². The van der Waals surface area contributed by atoms with Crippen LogP contribution in [0.15, 0.2) is 30.5 Å². The molecule has 0 bridgehead atoms. The van der Waals surface area contributed by atoms with Crippen LogP contribution >= 0.6 is 24.0 Å². The van der Waals surface area contributed by atoms with Gasteiger partial charge in [-0.1, -0.05) is 12.1 Å². The van der Waals surface area contributed by atoms with Crippen molar-refractivity contribution in [2.24, 2.45) is 0 Å². The van der Waals surface area contributed by atoms with Gasteiger partial charge in [-0.05, 0) is 24.4 Å². The fourth-order valence-electron chi connectivity index (χ4n) is 1.42. The van der Waals surface area contributed by atoms with Crippen LogP contribution in [0.1, 0.15) is 5.69 Å². The highest BCUT2D eigenvalue weighted by atomic mass is 32.2. The Kier molecular flexibility index (Phi) is 4.98. The Morgan fingerprint density at radius 2 is 2.16 bits per heavy atom. The minimum atomic E-state index is -1.55. The van der Waals surface area contributed by atoms with Gasteiger partial charge in [0.25, 0.3) is 0 Å². The molecule has 1 heterocycles. The molecule has 7 heteroatoms. The first-order valence-corrected chi connectivity index (χ1v) is 7.11. The predicted octanol–water partition coefficient (Wildman–Crippen LogP) is 3.82.